The molecule has 0 bridgehead atoms. The monoisotopic (exact) mass is 308 g/mol. The van der Waals surface area contributed by atoms with E-state index in [1.54, 1.807) is 11.9 Å². The zero-order valence-corrected chi connectivity index (χ0v) is 13.8. The summed E-state index contributed by atoms with van der Waals surface area (Å²) in [5.74, 6) is 0.703. The topological polar surface area (TPSA) is 51.0 Å². The Morgan fingerprint density at radius 2 is 2.05 bits per heavy atom. The highest BCUT2D eigenvalue weighted by Gasteiger charge is 2.26. The maximum atomic E-state index is 12.5. The largest absolute Gasteiger partial charge is 0.344 e. The van der Waals surface area contributed by atoms with Crippen LogP contribution in [0.1, 0.15) is 43.7 Å². The maximum Gasteiger partial charge on any atom is 0.245 e. The Labute approximate surface area is 129 Å². The molecule has 2 aromatic heterocycles. The average Bonchev–Trinajstić information content (AvgIpc) is 2.83. The van der Waals surface area contributed by atoms with E-state index in [-0.39, 0.29) is 17.3 Å². The van der Waals surface area contributed by atoms with Gasteiger partial charge in [0.05, 0.1) is 5.38 Å². The molecule has 0 saturated heterocycles. The van der Waals surface area contributed by atoms with Gasteiger partial charge in [0.1, 0.15) is 17.4 Å². The minimum Gasteiger partial charge on any atom is -0.344 e. The highest BCUT2D eigenvalue weighted by Crippen LogP contribution is 2.28. The predicted molar refractivity (Wildman–Crippen MR) is 84.6 cm³/mol. The summed E-state index contributed by atoms with van der Waals surface area (Å²) in [6, 6.07) is 3.44. The van der Waals surface area contributed by atoms with E-state index < -0.39 is 0 Å². The molecule has 0 aliphatic rings. The van der Waals surface area contributed by atoms with Crippen molar-refractivity contribution in [3.63, 3.8) is 0 Å². The fraction of sp³-hybridized carbons (Fsp3) is 0.533. The number of carbonyl (C=O) groups excluding carboxylic acids is 1. The van der Waals surface area contributed by atoms with Crippen molar-refractivity contribution in [2.75, 3.05) is 13.6 Å². The first-order valence-corrected chi connectivity index (χ1v) is 7.55. The molecular formula is C15H21ClN4O. The Morgan fingerprint density at radius 3 is 2.62 bits per heavy atom. The molecule has 0 aliphatic heterocycles. The lowest BCUT2D eigenvalue weighted by Crippen LogP contribution is -2.33. The van der Waals surface area contributed by atoms with Gasteiger partial charge in [-0.25, -0.2) is 9.97 Å². The molecule has 114 valence electrons. The first kappa shape index (κ1) is 15.8. The summed E-state index contributed by atoms with van der Waals surface area (Å²) < 4.78 is 1.86. The van der Waals surface area contributed by atoms with Crippen LogP contribution in [0.4, 0.5) is 0 Å². The van der Waals surface area contributed by atoms with Gasteiger partial charge in [0, 0.05) is 19.3 Å². The number of hydrogen-bond acceptors (Lipinski definition) is 3. The molecule has 2 rings (SSSR count). The highest BCUT2D eigenvalue weighted by molar-refractivity contribution is 6.20. The van der Waals surface area contributed by atoms with Gasteiger partial charge in [-0.05, 0) is 39.8 Å². The van der Waals surface area contributed by atoms with Crippen molar-refractivity contribution in [1.29, 1.82) is 0 Å². The quantitative estimate of drug-likeness (QED) is 0.816. The number of fused-ring (bicyclic) bond motifs is 1. The molecule has 2 atom stereocenters. The van der Waals surface area contributed by atoms with Crippen molar-refractivity contribution < 1.29 is 4.79 Å². The van der Waals surface area contributed by atoms with Crippen LogP contribution in [-0.2, 0) is 4.79 Å². The van der Waals surface area contributed by atoms with Gasteiger partial charge in [0.2, 0.25) is 5.91 Å². The van der Waals surface area contributed by atoms with Crippen molar-refractivity contribution in [2.45, 2.75) is 39.1 Å². The molecule has 2 heterocycles. The number of likely N-dealkylation sites (N-methyl/N-ethyl adjacent to an activating group) is 1. The van der Waals surface area contributed by atoms with Crippen molar-refractivity contribution in [1.82, 2.24) is 19.4 Å². The van der Waals surface area contributed by atoms with Crippen molar-refractivity contribution >= 4 is 28.7 Å². The van der Waals surface area contributed by atoms with Gasteiger partial charge in [0.25, 0.3) is 0 Å². The van der Waals surface area contributed by atoms with Gasteiger partial charge < -0.3 is 4.90 Å². The summed E-state index contributed by atoms with van der Waals surface area (Å²) >= 11 is 6.25. The molecule has 1 amide bonds. The van der Waals surface area contributed by atoms with E-state index in [2.05, 4.69) is 9.97 Å². The molecule has 6 heteroatoms. The highest BCUT2D eigenvalue weighted by atomic mass is 35.5. The number of nitrogens with zero attached hydrogens (tertiary/aromatic N) is 4. The number of rotatable bonds is 4. The number of imidazole rings is 1. The van der Waals surface area contributed by atoms with E-state index in [4.69, 9.17) is 11.6 Å². The number of halogens is 1. The first-order valence-electron chi connectivity index (χ1n) is 7.11. The summed E-state index contributed by atoms with van der Waals surface area (Å²) in [5, 5.41) is -0.290. The predicted octanol–water partition coefficient (Wildman–Crippen LogP) is 3.08. The second kappa shape index (κ2) is 6.02. The Hall–Kier alpha value is -1.62. The average molecular weight is 309 g/mol. The van der Waals surface area contributed by atoms with Crippen LogP contribution in [0.2, 0.25) is 0 Å². The van der Waals surface area contributed by atoms with E-state index in [9.17, 15) is 4.79 Å². The van der Waals surface area contributed by atoms with Gasteiger partial charge in [-0.3, -0.25) is 9.36 Å². The summed E-state index contributed by atoms with van der Waals surface area (Å²) in [4.78, 5) is 23.2. The lowest BCUT2D eigenvalue weighted by molar-refractivity contribution is -0.132. The van der Waals surface area contributed by atoms with Crippen molar-refractivity contribution in [3.8, 4) is 0 Å². The van der Waals surface area contributed by atoms with Gasteiger partial charge in [-0.1, -0.05) is 0 Å². The van der Waals surface area contributed by atoms with Gasteiger partial charge >= 0.3 is 0 Å². The van der Waals surface area contributed by atoms with Gasteiger partial charge in [0.15, 0.2) is 5.65 Å². The molecular weight excluding hydrogens is 288 g/mol. The zero-order valence-electron chi connectivity index (χ0n) is 13.1. The van der Waals surface area contributed by atoms with E-state index in [0.29, 0.717) is 18.0 Å². The fourth-order valence-electron chi connectivity index (χ4n) is 2.33. The van der Waals surface area contributed by atoms with Crippen LogP contribution in [0.15, 0.2) is 12.1 Å². The van der Waals surface area contributed by atoms with Gasteiger partial charge in [-0.15, -0.1) is 11.6 Å². The SMILES string of the molecule is CCN(C)C(=O)C(C)n1c(C(C)Cl)nc2ccc(C)nc21. The summed E-state index contributed by atoms with van der Waals surface area (Å²) in [5.41, 5.74) is 2.37. The van der Waals surface area contributed by atoms with E-state index in [1.165, 1.54) is 0 Å². The smallest absolute Gasteiger partial charge is 0.245 e. The molecule has 0 N–H and O–H groups in total. The van der Waals surface area contributed by atoms with Crippen LogP contribution in [0, 0.1) is 6.92 Å². The van der Waals surface area contributed by atoms with Crippen LogP contribution in [0.3, 0.4) is 0 Å². The lowest BCUT2D eigenvalue weighted by atomic mass is 10.2. The molecule has 0 aromatic carbocycles. The number of pyridine rings is 1. The number of aromatic nitrogens is 3. The number of aryl methyl sites for hydroxylation is 1. The van der Waals surface area contributed by atoms with Crippen molar-refractivity contribution in [2.24, 2.45) is 0 Å². The standard InChI is InChI=1S/C15H21ClN4O/c1-6-19(5)15(21)11(4)20-13(10(3)16)18-12-8-7-9(2)17-14(12)20/h7-8,10-11H,6H2,1-5H3. The Bertz CT molecular complexity index is 665. The van der Waals surface area contributed by atoms with Gasteiger partial charge in [-0.2, -0.15) is 0 Å². The third-order valence-electron chi connectivity index (χ3n) is 3.65. The molecule has 0 saturated carbocycles. The summed E-state index contributed by atoms with van der Waals surface area (Å²) in [6.45, 7) is 8.25. The molecule has 2 aromatic rings. The minimum absolute atomic E-state index is 0.0265. The minimum atomic E-state index is -0.384. The number of alkyl halides is 1. The Balaban J connectivity index is 2.62. The van der Waals surface area contributed by atoms with E-state index in [1.807, 2.05) is 44.4 Å². The van der Waals surface area contributed by atoms with Crippen LogP contribution in [0.25, 0.3) is 11.2 Å². The molecule has 2 unspecified atom stereocenters. The maximum absolute atomic E-state index is 12.5. The second-order valence-corrected chi connectivity index (χ2v) is 5.93. The second-order valence-electron chi connectivity index (χ2n) is 5.28. The molecule has 0 radical (unpaired) electrons. The fourth-order valence-corrected chi connectivity index (χ4v) is 2.49. The molecule has 0 aliphatic carbocycles. The first-order chi connectivity index (χ1) is 9.86. The molecule has 5 nitrogen and oxygen atoms in total. The number of carbonyl (C=O) groups is 1. The number of amides is 1. The van der Waals surface area contributed by atoms with Crippen molar-refractivity contribution in [3.05, 3.63) is 23.7 Å². The Kier molecular flexibility index (Phi) is 4.52. The zero-order chi connectivity index (χ0) is 15.7. The molecule has 21 heavy (non-hydrogen) atoms. The molecule has 0 fully saturated rings. The normalized spacial score (nSPS) is 14.2. The summed E-state index contributed by atoms with van der Waals surface area (Å²) in [7, 11) is 1.79. The van der Waals surface area contributed by atoms with E-state index >= 15 is 0 Å². The van der Waals surface area contributed by atoms with Crippen LogP contribution < -0.4 is 0 Å². The van der Waals surface area contributed by atoms with Crippen LogP contribution in [-0.4, -0.2) is 38.9 Å². The Morgan fingerprint density at radius 1 is 1.38 bits per heavy atom. The number of hydrogen-bond donors (Lipinski definition) is 0. The van der Waals surface area contributed by atoms with Crippen LogP contribution >= 0.6 is 11.6 Å². The van der Waals surface area contributed by atoms with E-state index in [0.717, 1.165) is 11.2 Å². The summed E-state index contributed by atoms with van der Waals surface area (Å²) in [6.07, 6.45) is 0. The third kappa shape index (κ3) is 2.88. The third-order valence-corrected chi connectivity index (χ3v) is 3.85. The van der Waals surface area contributed by atoms with Crippen LogP contribution in [0.5, 0.6) is 0 Å². The lowest BCUT2D eigenvalue weighted by Gasteiger charge is -2.22. The molecule has 0 spiro atoms.